The monoisotopic (exact) mass is 280 g/mol. The van der Waals surface area contributed by atoms with Crippen LogP contribution in [0.4, 0.5) is 8.78 Å². The van der Waals surface area contributed by atoms with E-state index in [9.17, 15) is 8.78 Å². The molecule has 2 fully saturated rings. The number of nitrogens with zero attached hydrogens (tertiary/aromatic N) is 1. The molecule has 2 saturated heterocycles. The predicted molar refractivity (Wildman–Crippen MR) is 75.4 cm³/mol. The van der Waals surface area contributed by atoms with Gasteiger partial charge < -0.3 is 10.2 Å². The zero-order valence-electron chi connectivity index (χ0n) is 11.9. The van der Waals surface area contributed by atoms with Gasteiger partial charge in [-0.05, 0) is 50.9 Å². The highest BCUT2D eigenvalue weighted by molar-refractivity contribution is 5.18. The Labute approximate surface area is 119 Å². The van der Waals surface area contributed by atoms with Gasteiger partial charge in [0.05, 0.1) is 0 Å². The van der Waals surface area contributed by atoms with Crippen LogP contribution in [0.3, 0.4) is 0 Å². The smallest absolute Gasteiger partial charge is 0.127 e. The third-order valence-corrected chi connectivity index (χ3v) is 4.93. The molecule has 0 saturated carbocycles. The summed E-state index contributed by atoms with van der Waals surface area (Å²) in [6, 6.07) is 5.38. The van der Waals surface area contributed by atoms with Gasteiger partial charge in [-0.25, -0.2) is 8.78 Å². The van der Waals surface area contributed by atoms with Crippen molar-refractivity contribution in [2.24, 2.45) is 0 Å². The van der Waals surface area contributed by atoms with Gasteiger partial charge >= 0.3 is 0 Å². The van der Waals surface area contributed by atoms with E-state index < -0.39 is 0 Å². The lowest BCUT2D eigenvalue weighted by Gasteiger charge is -2.47. The number of nitrogens with one attached hydrogen (secondary N) is 1. The van der Waals surface area contributed by atoms with E-state index >= 15 is 0 Å². The first-order valence-electron chi connectivity index (χ1n) is 7.52. The van der Waals surface area contributed by atoms with Crippen molar-refractivity contribution in [1.82, 2.24) is 10.2 Å². The fourth-order valence-electron chi connectivity index (χ4n) is 3.72. The van der Waals surface area contributed by atoms with E-state index in [1.807, 2.05) is 0 Å². The molecule has 20 heavy (non-hydrogen) atoms. The third kappa shape index (κ3) is 2.86. The molecule has 4 heteroatoms. The van der Waals surface area contributed by atoms with Crippen LogP contribution in [0, 0.1) is 11.6 Å². The van der Waals surface area contributed by atoms with Gasteiger partial charge in [-0.1, -0.05) is 6.42 Å². The molecule has 0 radical (unpaired) electrons. The highest BCUT2D eigenvalue weighted by atomic mass is 19.1. The molecule has 0 spiro atoms. The first-order chi connectivity index (χ1) is 9.63. The normalized spacial score (nSPS) is 30.4. The van der Waals surface area contributed by atoms with E-state index in [0.717, 1.165) is 12.8 Å². The molecular weight excluding hydrogens is 258 g/mol. The van der Waals surface area contributed by atoms with Crippen LogP contribution in [0.5, 0.6) is 0 Å². The maximum Gasteiger partial charge on any atom is 0.127 e. The standard InChI is InChI=1S/C16H22F2N2/c1-20-14-3-2-4-15(20)9-13(8-14)19-10-11-7-12(17)5-6-16(11)18/h5-7,13-15,19H,2-4,8-10H2,1H3. The number of rotatable bonds is 3. The van der Waals surface area contributed by atoms with Gasteiger partial charge in [0.2, 0.25) is 0 Å². The highest BCUT2D eigenvalue weighted by Crippen LogP contribution is 2.32. The molecule has 0 aromatic heterocycles. The lowest BCUT2D eigenvalue weighted by molar-refractivity contribution is 0.0482. The van der Waals surface area contributed by atoms with E-state index in [1.54, 1.807) is 0 Å². The molecule has 110 valence electrons. The molecule has 2 atom stereocenters. The van der Waals surface area contributed by atoms with Crippen LogP contribution < -0.4 is 5.32 Å². The van der Waals surface area contributed by atoms with E-state index in [4.69, 9.17) is 0 Å². The Morgan fingerprint density at radius 2 is 1.90 bits per heavy atom. The minimum Gasteiger partial charge on any atom is -0.310 e. The second kappa shape index (κ2) is 5.78. The van der Waals surface area contributed by atoms with Crippen LogP contribution >= 0.6 is 0 Å². The third-order valence-electron chi connectivity index (χ3n) is 4.93. The van der Waals surface area contributed by atoms with Gasteiger partial charge in [0.25, 0.3) is 0 Å². The van der Waals surface area contributed by atoms with Gasteiger partial charge in [-0.15, -0.1) is 0 Å². The van der Waals surface area contributed by atoms with Gasteiger partial charge in [0, 0.05) is 30.2 Å². The summed E-state index contributed by atoms with van der Waals surface area (Å²) in [6.07, 6.45) is 6.08. The summed E-state index contributed by atoms with van der Waals surface area (Å²) in [7, 11) is 2.22. The number of fused-ring (bicyclic) bond motifs is 2. The number of hydrogen-bond acceptors (Lipinski definition) is 2. The Morgan fingerprint density at radius 1 is 1.20 bits per heavy atom. The Hall–Kier alpha value is -1.00. The average molecular weight is 280 g/mol. The zero-order chi connectivity index (χ0) is 14.1. The maximum atomic E-state index is 13.6. The van der Waals surface area contributed by atoms with Crippen molar-refractivity contribution in [2.75, 3.05) is 7.05 Å². The molecule has 0 amide bonds. The summed E-state index contributed by atoms with van der Waals surface area (Å²) in [6.45, 7) is 0.414. The number of benzene rings is 1. The van der Waals surface area contributed by atoms with Crippen molar-refractivity contribution in [2.45, 2.75) is 56.8 Å². The minimum absolute atomic E-state index is 0.327. The summed E-state index contributed by atoms with van der Waals surface area (Å²) >= 11 is 0. The van der Waals surface area contributed by atoms with Crippen LogP contribution in [-0.2, 0) is 6.54 Å². The summed E-state index contributed by atoms with van der Waals surface area (Å²) in [5.74, 6) is -0.699. The highest BCUT2D eigenvalue weighted by Gasteiger charge is 2.35. The van der Waals surface area contributed by atoms with Crippen LogP contribution in [0.15, 0.2) is 18.2 Å². The fraction of sp³-hybridized carbons (Fsp3) is 0.625. The molecule has 2 nitrogen and oxygen atoms in total. The summed E-state index contributed by atoms with van der Waals surface area (Å²) in [4.78, 5) is 2.50. The molecular formula is C16H22F2N2. The SMILES string of the molecule is CN1C2CCCC1CC(NCc1cc(F)ccc1F)C2. The largest absolute Gasteiger partial charge is 0.310 e. The lowest BCUT2D eigenvalue weighted by Crippen LogP contribution is -2.54. The van der Waals surface area contributed by atoms with Crippen molar-refractivity contribution in [1.29, 1.82) is 0 Å². The van der Waals surface area contributed by atoms with Gasteiger partial charge in [0.1, 0.15) is 11.6 Å². The fourth-order valence-corrected chi connectivity index (χ4v) is 3.72. The summed E-state index contributed by atoms with van der Waals surface area (Å²) < 4.78 is 26.8. The first kappa shape index (κ1) is 14.0. The van der Waals surface area contributed by atoms with E-state index in [2.05, 4.69) is 17.3 Å². The summed E-state index contributed by atoms with van der Waals surface area (Å²) in [5, 5.41) is 3.42. The van der Waals surface area contributed by atoms with E-state index in [-0.39, 0.29) is 11.6 Å². The number of piperidine rings is 2. The molecule has 2 bridgehead atoms. The maximum absolute atomic E-state index is 13.6. The van der Waals surface area contributed by atoms with Crippen molar-refractivity contribution in [3.8, 4) is 0 Å². The van der Waals surface area contributed by atoms with Crippen molar-refractivity contribution < 1.29 is 8.78 Å². The van der Waals surface area contributed by atoms with Crippen molar-refractivity contribution in [3.05, 3.63) is 35.4 Å². The predicted octanol–water partition coefficient (Wildman–Crippen LogP) is 3.07. The van der Waals surface area contributed by atoms with Crippen LogP contribution in [0.2, 0.25) is 0 Å². The number of halogens is 2. The lowest BCUT2D eigenvalue weighted by atomic mass is 9.82. The molecule has 2 aliphatic rings. The Bertz CT molecular complexity index is 464. The van der Waals surface area contributed by atoms with Crippen molar-refractivity contribution >= 4 is 0 Å². The molecule has 2 heterocycles. The summed E-state index contributed by atoms with van der Waals surface area (Å²) in [5.41, 5.74) is 0.425. The molecule has 1 aromatic rings. The molecule has 1 aromatic carbocycles. The Morgan fingerprint density at radius 3 is 2.60 bits per heavy atom. The Balaban J connectivity index is 1.60. The molecule has 3 rings (SSSR count). The quantitative estimate of drug-likeness (QED) is 0.915. The molecule has 2 unspecified atom stereocenters. The van der Waals surface area contributed by atoms with Crippen LogP contribution in [-0.4, -0.2) is 30.1 Å². The minimum atomic E-state index is -0.372. The second-order valence-corrected chi connectivity index (χ2v) is 6.19. The average Bonchev–Trinajstić information content (AvgIpc) is 2.40. The molecule has 2 aliphatic heterocycles. The van der Waals surface area contributed by atoms with Gasteiger partial charge in [0.15, 0.2) is 0 Å². The number of hydrogen-bond donors (Lipinski definition) is 1. The van der Waals surface area contributed by atoms with E-state index in [1.165, 1.54) is 37.5 Å². The molecule has 0 aliphatic carbocycles. The zero-order valence-corrected chi connectivity index (χ0v) is 11.9. The van der Waals surface area contributed by atoms with Crippen LogP contribution in [0.1, 0.15) is 37.7 Å². The van der Waals surface area contributed by atoms with Gasteiger partial charge in [-0.3, -0.25) is 0 Å². The van der Waals surface area contributed by atoms with Crippen molar-refractivity contribution in [3.63, 3.8) is 0 Å². The topological polar surface area (TPSA) is 15.3 Å². The molecule has 1 N–H and O–H groups in total. The first-order valence-corrected chi connectivity index (χ1v) is 7.52. The van der Waals surface area contributed by atoms with E-state index in [0.29, 0.717) is 30.2 Å². The second-order valence-electron chi connectivity index (χ2n) is 6.19. The Kier molecular flexibility index (Phi) is 4.03. The van der Waals surface area contributed by atoms with Crippen LogP contribution in [0.25, 0.3) is 0 Å². The van der Waals surface area contributed by atoms with Gasteiger partial charge in [-0.2, -0.15) is 0 Å².